The standard InChI is InChI=1S/C20H22N2O5/c1-26-16-7-3-14(4-8-16)5-10-19(24)22-11-2-12-27-18-9-6-15(20(21)25)13-17(18)23/h3-10,13,23H,2,11-12H2,1H3,(H2,21,25)(H,22,24)/b10-5+. The van der Waals surface area contributed by atoms with Crippen molar-refractivity contribution in [2.75, 3.05) is 20.3 Å². The Morgan fingerprint density at radius 3 is 2.56 bits per heavy atom. The second-order valence-corrected chi connectivity index (χ2v) is 5.65. The molecule has 0 heterocycles. The highest BCUT2D eigenvalue weighted by molar-refractivity contribution is 5.93. The molecule has 0 fully saturated rings. The number of hydrogen-bond donors (Lipinski definition) is 3. The molecular formula is C20H22N2O5. The van der Waals surface area contributed by atoms with E-state index >= 15 is 0 Å². The summed E-state index contributed by atoms with van der Waals surface area (Å²) in [5, 5.41) is 12.5. The second kappa shape index (κ2) is 9.86. The smallest absolute Gasteiger partial charge is 0.248 e. The van der Waals surface area contributed by atoms with Crippen molar-refractivity contribution in [1.29, 1.82) is 0 Å². The van der Waals surface area contributed by atoms with E-state index in [-0.39, 0.29) is 23.0 Å². The van der Waals surface area contributed by atoms with Crippen LogP contribution in [0.2, 0.25) is 0 Å². The maximum Gasteiger partial charge on any atom is 0.248 e. The Labute approximate surface area is 157 Å². The zero-order valence-corrected chi connectivity index (χ0v) is 15.0. The van der Waals surface area contributed by atoms with Gasteiger partial charge in [0.1, 0.15) is 5.75 Å². The molecule has 4 N–H and O–H groups in total. The van der Waals surface area contributed by atoms with Crippen LogP contribution < -0.4 is 20.5 Å². The van der Waals surface area contributed by atoms with E-state index in [1.807, 2.05) is 24.3 Å². The van der Waals surface area contributed by atoms with Gasteiger partial charge in [0, 0.05) is 18.2 Å². The van der Waals surface area contributed by atoms with Crippen molar-refractivity contribution >= 4 is 17.9 Å². The lowest BCUT2D eigenvalue weighted by Crippen LogP contribution is -2.23. The number of phenolic OH excluding ortho intramolecular Hbond substituents is 1. The third-order valence-corrected chi connectivity index (χ3v) is 3.66. The van der Waals surface area contributed by atoms with Gasteiger partial charge in [-0.25, -0.2) is 0 Å². The first-order chi connectivity index (χ1) is 13.0. The number of benzene rings is 2. The molecule has 2 aromatic rings. The molecule has 0 aliphatic rings. The maximum atomic E-state index is 11.8. The fraction of sp³-hybridized carbons (Fsp3) is 0.200. The minimum atomic E-state index is -0.623. The van der Waals surface area contributed by atoms with Crippen LogP contribution >= 0.6 is 0 Å². The number of carbonyl (C=O) groups excluding carboxylic acids is 2. The molecule has 0 aliphatic carbocycles. The number of nitrogens with two attached hydrogens (primary N) is 1. The van der Waals surface area contributed by atoms with Gasteiger partial charge < -0.3 is 25.6 Å². The van der Waals surface area contributed by atoms with E-state index in [4.69, 9.17) is 15.2 Å². The van der Waals surface area contributed by atoms with Crippen molar-refractivity contribution in [3.05, 3.63) is 59.7 Å². The van der Waals surface area contributed by atoms with Crippen LogP contribution in [0, 0.1) is 0 Å². The highest BCUT2D eigenvalue weighted by atomic mass is 16.5. The second-order valence-electron chi connectivity index (χ2n) is 5.65. The van der Waals surface area contributed by atoms with E-state index in [0.29, 0.717) is 19.6 Å². The number of ether oxygens (including phenoxy) is 2. The molecule has 2 rings (SSSR count). The Morgan fingerprint density at radius 1 is 1.19 bits per heavy atom. The summed E-state index contributed by atoms with van der Waals surface area (Å²) < 4.78 is 10.5. The predicted octanol–water partition coefficient (Wildman–Crippen LogP) is 2.10. The van der Waals surface area contributed by atoms with Gasteiger partial charge in [0.2, 0.25) is 11.8 Å². The molecular weight excluding hydrogens is 348 g/mol. The normalized spacial score (nSPS) is 10.6. The number of amides is 2. The first-order valence-corrected chi connectivity index (χ1v) is 8.35. The van der Waals surface area contributed by atoms with Crippen LogP contribution in [0.3, 0.4) is 0 Å². The summed E-state index contributed by atoms with van der Waals surface area (Å²) in [6.07, 6.45) is 3.72. The molecule has 27 heavy (non-hydrogen) atoms. The van der Waals surface area contributed by atoms with Crippen LogP contribution in [-0.4, -0.2) is 37.2 Å². The Bertz CT molecular complexity index is 816. The minimum Gasteiger partial charge on any atom is -0.504 e. The summed E-state index contributed by atoms with van der Waals surface area (Å²) >= 11 is 0. The Hall–Kier alpha value is -3.48. The van der Waals surface area contributed by atoms with Gasteiger partial charge in [-0.15, -0.1) is 0 Å². The number of hydrogen-bond acceptors (Lipinski definition) is 5. The first kappa shape index (κ1) is 19.8. The van der Waals surface area contributed by atoms with Crippen molar-refractivity contribution in [3.8, 4) is 17.2 Å². The van der Waals surface area contributed by atoms with Crippen molar-refractivity contribution in [2.24, 2.45) is 5.73 Å². The molecule has 0 saturated heterocycles. The zero-order valence-electron chi connectivity index (χ0n) is 15.0. The number of nitrogens with one attached hydrogen (secondary N) is 1. The summed E-state index contributed by atoms with van der Waals surface area (Å²) in [5.41, 5.74) is 6.23. The van der Waals surface area contributed by atoms with E-state index in [2.05, 4.69) is 5.32 Å². The molecule has 0 spiro atoms. The van der Waals surface area contributed by atoms with Gasteiger partial charge in [-0.3, -0.25) is 9.59 Å². The van der Waals surface area contributed by atoms with Crippen LogP contribution in [0.5, 0.6) is 17.2 Å². The molecule has 0 atom stereocenters. The van der Waals surface area contributed by atoms with Crippen LogP contribution in [0.15, 0.2) is 48.5 Å². The Balaban J connectivity index is 1.69. The van der Waals surface area contributed by atoms with E-state index in [1.54, 1.807) is 13.2 Å². The van der Waals surface area contributed by atoms with Gasteiger partial charge in [-0.05, 0) is 48.4 Å². The van der Waals surface area contributed by atoms with E-state index in [1.165, 1.54) is 24.3 Å². The summed E-state index contributed by atoms with van der Waals surface area (Å²) in [6.45, 7) is 0.720. The topological polar surface area (TPSA) is 111 Å². The van der Waals surface area contributed by atoms with Crippen molar-refractivity contribution in [2.45, 2.75) is 6.42 Å². The summed E-state index contributed by atoms with van der Waals surface area (Å²) in [5.74, 6) is 0.0251. The number of phenols is 1. The fourth-order valence-corrected chi connectivity index (χ4v) is 2.20. The first-order valence-electron chi connectivity index (χ1n) is 8.35. The molecule has 7 nitrogen and oxygen atoms in total. The number of methoxy groups -OCH3 is 1. The van der Waals surface area contributed by atoms with Crippen molar-refractivity contribution in [1.82, 2.24) is 5.32 Å². The maximum absolute atomic E-state index is 11.8. The lowest BCUT2D eigenvalue weighted by Gasteiger charge is -2.09. The molecule has 0 unspecified atom stereocenters. The van der Waals surface area contributed by atoms with E-state index in [0.717, 1.165) is 11.3 Å². The van der Waals surface area contributed by atoms with E-state index in [9.17, 15) is 14.7 Å². The summed E-state index contributed by atoms with van der Waals surface area (Å²) in [7, 11) is 1.60. The average Bonchev–Trinajstić information content (AvgIpc) is 2.67. The Kier molecular flexibility index (Phi) is 7.25. The van der Waals surface area contributed by atoms with E-state index < -0.39 is 5.91 Å². The number of aromatic hydroxyl groups is 1. The Morgan fingerprint density at radius 2 is 1.93 bits per heavy atom. The lowest BCUT2D eigenvalue weighted by atomic mass is 10.2. The van der Waals surface area contributed by atoms with Crippen LogP contribution in [0.1, 0.15) is 22.3 Å². The molecule has 0 aromatic heterocycles. The molecule has 7 heteroatoms. The zero-order chi connectivity index (χ0) is 19.6. The van der Waals surface area contributed by atoms with Gasteiger partial charge >= 0.3 is 0 Å². The molecule has 0 aliphatic heterocycles. The predicted molar refractivity (Wildman–Crippen MR) is 102 cm³/mol. The SMILES string of the molecule is COc1ccc(/C=C/C(=O)NCCCOc2ccc(C(N)=O)cc2O)cc1. The van der Waals surface area contributed by atoms with Gasteiger partial charge in [0.25, 0.3) is 0 Å². The summed E-state index contributed by atoms with van der Waals surface area (Å²) in [4.78, 5) is 22.8. The van der Waals surface area contributed by atoms with Crippen molar-refractivity contribution < 1.29 is 24.2 Å². The molecule has 2 aromatic carbocycles. The minimum absolute atomic E-state index is 0.155. The van der Waals surface area contributed by atoms with Crippen LogP contribution in [0.25, 0.3) is 6.08 Å². The monoisotopic (exact) mass is 370 g/mol. The van der Waals surface area contributed by atoms with Crippen LogP contribution in [-0.2, 0) is 4.79 Å². The van der Waals surface area contributed by atoms with Gasteiger partial charge in [0.15, 0.2) is 11.5 Å². The van der Waals surface area contributed by atoms with Crippen LogP contribution in [0.4, 0.5) is 0 Å². The highest BCUT2D eigenvalue weighted by Crippen LogP contribution is 2.26. The fourth-order valence-electron chi connectivity index (χ4n) is 2.20. The molecule has 0 radical (unpaired) electrons. The van der Waals surface area contributed by atoms with Gasteiger partial charge in [-0.1, -0.05) is 12.1 Å². The number of primary amides is 1. The third kappa shape index (κ3) is 6.39. The largest absolute Gasteiger partial charge is 0.504 e. The third-order valence-electron chi connectivity index (χ3n) is 3.66. The van der Waals surface area contributed by atoms with Gasteiger partial charge in [0.05, 0.1) is 13.7 Å². The molecule has 142 valence electrons. The van der Waals surface area contributed by atoms with Gasteiger partial charge in [-0.2, -0.15) is 0 Å². The lowest BCUT2D eigenvalue weighted by molar-refractivity contribution is -0.116. The highest BCUT2D eigenvalue weighted by Gasteiger charge is 2.07. The number of carbonyl (C=O) groups is 2. The average molecular weight is 370 g/mol. The quantitative estimate of drug-likeness (QED) is 0.462. The molecule has 2 amide bonds. The molecule has 0 saturated carbocycles. The van der Waals surface area contributed by atoms with Crippen molar-refractivity contribution in [3.63, 3.8) is 0 Å². The molecule has 0 bridgehead atoms. The number of rotatable bonds is 9. The summed E-state index contributed by atoms with van der Waals surface area (Å²) in [6, 6.07) is 11.6.